The number of aliphatic hydroxyl groups is 1. The van der Waals surface area contributed by atoms with Crippen LogP contribution in [0.3, 0.4) is 0 Å². The van der Waals surface area contributed by atoms with Gasteiger partial charge in [0, 0.05) is 25.7 Å². The van der Waals surface area contributed by atoms with Gasteiger partial charge >= 0.3 is 39.5 Å². The van der Waals surface area contributed by atoms with E-state index < -0.39 is 97.5 Å². The maximum Gasteiger partial charge on any atom is 0.472 e. The minimum atomic E-state index is -4.97. The highest BCUT2D eigenvalue weighted by molar-refractivity contribution is 7.47. The summed E-state index contributed by atoms with van der Waals surface area (Å²) in [6.07, 6.45) is 57.8. The Labute approximate surface area is 592 Å². The quantitative estimate of drug-likeness (QED) is 0.0169. The molecule has 0 aromatic rings. The number of rotatable bonds is 74. The molecule has 17 nitrogen and oxygen atoms in total. The third-order valence-corrected chi connectivity index (χ3v) is 19.4. The molecule has 0 heterocycles. The first-order valence-corrected chi connectivity index (χ1v) is 42.7. The van der Waals surface area contributed by atoms with Crippen molar-refractivity contribution in [2.75, 3.05) is 39.6 Å². The second kappa shape index (κ2) is 68.0. The number of ether oxygens (including phenoxy) is 4. The van der Waals surface area contributed by atoms with E-state index in [-0.39, 0.29) is 25.7 Å². The van der Waals surface area contributed by atoms with Crippen LogP contribution in [-0.4, -0.2) is 96.7 Å². The van der Waals surface area contributed by atoms with E-state index in [9.17, 15) is 43.2 Å². The largest absolute Gasteiger partial charge is 0.472 e. The van der Waals surface area contributed by atoms with Gasteiger partial charge in [0.2, 0.25) is 0 Å². The topological polar surface area (TPSA) is 237 Å². The van der Waals surface area contributed by atoms with Crippen molar-refractivity contribution in [1.82, 2.24) is 0 Å². The van der Waals surface area contributed by atoms with Crippen LogP contribution in [0.4, 0.5) is 0 Å². The number of allylic oxidation sites excluding steroid dienone is 4. The van der Waals surface area contributed by atoms with Gasteiger partial charge in [0.05, 0.1) is 26.4 Å². The van der Waals surface area contributed by atoms with Crippen LogP contribution >= 0.6 is 15.6 Å². The van der Waals surface area contributed by atoms with Crippen LogP contribution in [0.15, 0.2) is 24.3 Å². The highest BCUT2D eigenvalue weighted by atomic mass is 31.2. The lowest BCUT2D eigenvalue weighted by Crippen LogP contribution is -2.30. The van der Waals surface area contributed by atoms with Crippen molar-refractivity contribution in [1.29, 1.82) is 0 Å². The minimum Gasteiger partial charge on any atom is -0.462 e. The first kappa shape index (κ1) is 94.5. The summed E-state index contributed by atoms with van der Waals surface area (Å²) in [5, 5.41) is 10.6. The number of hydrogen-bond acceptors (Lipinski definition) is 15. The highest BCUT2D eigenvalue weighted by Gasteiger charge is 2.30. The van der Waals surface area contributed by atoms with E-state index in [0.29, 0.717) is 31.6 Å². The molecule has 0 aliphatic heterocycles. The Morgan fingerprint density at radius 1 is 0.320 bits per heavy atom. The van der Waals surface area contributed by atoms with Gasteiger partial charge in [-0.15, -0.1) is 0 Å². The normalized spacial score (nSPS) is 14.2. The molecule has 0 saturated heterocycles. The average Bonchev–Trinajstić information content (AvgIpc) is 1.24. The lowest BCUT2D eigenvalue weighted by molar-refractivity contribution is -0.161. The van der Waals surface area contributed by atoms with Gasteiger partial charge < -0.3 is 33.8 Å². The number of esters is 4. The van der Waals surface area contributed by atoms with Gasteiger partial charge in [0.15, 0.2) is 12.2 Å². The Morgan fingerprint density at radius 2 is 0.557 bits per heavy atom. The van der Waals surface area contributed by atoms with Crippen LogP contribution in [0.2, 0.25) is 0 Å². The van der Waals surface area contributed by atoms with Crippen LogP contribution in [0.5, 0.6) is 0 Å². The fourth-order valence-corrected chi connectivity index (χ4v) is 13.0. The molecule has 5 atom stereocenters. The molecule has 0 aromatic heterocycles. The summed E-state index contributed by atoms with van der Waals surface area (Å²) in [5.74, 6) is 0.117. The van der Waals surface area contributed by atoms with E-state index in [4.69, 9.17) is 37.0 Å². The maximum absolute atomic E-state index is 13.1. The van der Waals surface area contributed by atoms with Crippen LogP contribution in [0.25, 0.3) is 0 Å². The summed E-state index contributed by atoms with van der Waals surface area (Å²) in [6, 6.07) is 0. The van der Waals surface area contributed by atoms with Crippen LogP contribution in [0, 0.1) is 17.8 Å². The van der Waals surface area contributed by atoms with Crippen LogP contribution in [0.1, 0.15) is 376 Å². The Bertz CT molecular complexity index is 1980. The number of phosphoric acid groups is 2. The molecule has 572 valence electrons. The minimum absolute atomic E-state index is 0.0850. The first-order chi connectivity index (χ1) is 46.7. The Balaban J connectivity index is 5.26. The van der Waals surface area contributed by atoms with E-state index in [0.717, 1.165) is 121 Å². The second-order valence-corrected chi connectivity index (χ2v) is 31.7. The number of phosphoric ester groups is 2. The Kier molecular flexibility index (Phi) is 66.3. The van der Waals surface area contributed by atoms with Crippen molar-refractivity contribution < 1.29 is 80.2 Å². The zero-order valence-corrected chi connectivity index (χ0v) is 64.8. The SMILES string of the molecule is CCCCCC/C=C\C=C/CCCCCCCC(=O)O[C@H](COC(=O)CCCCCCCCCCCCCCCCCCC(C)C)COP(=O)(O)OCC(O)COP(=O)(O)OC[C@@H](COC(=O)CCCCCCCCCC(C)C)OC(=O)CCCCCCCCCCCCC(C)C. The summed E-state index contributed by atoms with van der Waals surface area (Å²) in [4.78, 5) is 72.8. The van der Waals surface area contributed by atoms with Gasteiger partial charge in [0.1, 0.15) is 19.3 Å². The van der Waals surface area contributed by atoms with Crippen molar-refractivity contribution in [3.63, 3.8) is 0 Å². The Hall–Kier alpha value is -2.46. The van der Waals surface area contributed by atoms with Gasteiger partial charge in [0.25, 0.3) is 0 Å². The molecule has 97 heavy (non-hydrogen) atoms. The monoisotopic (exact) mass is 1420 g/mol. The van der Waals surface area contributed by atoms with E-state index in [1.807, 2.05) is 0 Å². The van der Waals surface area contributed by atoms with Crippen molar-refractivity contribution in [3.8, 4) is 0 Å². The zero-order chi connectivity index (χ0) is 71.6. The van der Waals surface area contributed by atoms with Gasteiger partial charge in [-0.3, -0.25) is 37.3 Å². The molecule has 0 rings (SSSR count). The highest BCUT2D eigenvalue weighted by Crippen LogP contribution is 2.45. The van der Waals surface area contributed by atoms with Crippen LogP contribution < -0.4 is 0 Å². The molecule has 0 aliphatic carbocycles. The van der Waals surface area contributed by atoms with Crippen LogP contribution in [-0.2, 0) is 65.4 Å². The maximum atomic E-state index is 13.1. The fourth-order valence-electron chi connectivity index (χ4n) is 11.4. The zero-order valence-electron chi connectivity index (χ0n) is 63.0. The number of hydrogen-bond donors (Lipinski definition) is 3. The lowest BCUT2D eigenvalue weighted by atomic mass is 10.0. The predicted octanol–water partition coefficient (Wildman–Crippen LogP) is 22.5. The number of aliphatic hydroxyl groups excluding tert-OH is 1. The molecule has 0 aliphatic rings. The lowest BCUT2D eigenvalue weighted by Gasteiger charge is -2.21. The van der Waals surface area contributed by atoms with E-state index in [1.54, 1.807) is 0 Å². The van der Waals surface area contributed by atoms with Gasteiger partial charge in [-0.1, -0.05) is 323 Å². The van der Waals surface area contributed by atoms with E-state index in [2.05, 4.69) is 72.8 Å². The molecule has 0 bridgehead atoms. The summed E-state index contributed by atoms with van der Waals surface area (Å²) in [5.41, 5.74) is 0. The smallest absolute Gasteiger partial charge is 0.462 e. The van der Waals surface area contributed by atoms with Gasteiger partial charge in [-0.25, -0.2) is 9.13 Å². The summed E-state index contributed by atoms with van der Waals surface area (Å²) in [6.45, 7) is 11.8. The van der Waals surface area contributed by atoms with Crippen molar-refractivity contribution in [2.24, 2.45) is 17.8 Å². The number of unbranched alkanes of at least 4 members (excludes halogenated alkanes) is 39. The average molecular weight is 1420 g/mol. The molecule has 3 N–H and O–H groups in total. The van der Waals surface area contributed by atoms with E-state index >= 15 is 0 Å². The Morgan fingerprint density at radius 3 is 0.835 bits per heavy atom. The molecule has 19 heteroatoms. The third-order valence-electron chi connectivity index (χ3n) is 17.5. The van der Waals surface area contributed by atoms with Crippen molar-refractivity contribution in [3.05, 3.63) is 24.3 Å². The van der Waals surface area contributed by atoms with Gasteiger partial charge in [-0.2, -0.15) is 0 Å². The summed E-state index contributed by atoms with van der Waals surface area (Å²) >= 11 is 0. The molecule has 0 saturated carbocycles. The van der Waals surface area contributed by atoms with E-state index in [1.165, 1.54) is 167 Å². The first-order valence-electron chi connectivity index (χ1n) is 39.7. The third kappa shape index (κ3) is 71.7. The molecule has 3 unspecified atom stereocenters. The fraction of sp³-hybridized carbons (Fsp3) is 0.897. The summed E-state index contributed by atoms with van der Waals surface area (Å²) in [7, 11) is -9.93. The second-order valence-electron chi connectivity index (χ2n) is 28.8. The molecular weight excluding hydrogens is 1270 g/mol. The summed E-state index contributed by atoms with van der Waals surface area (Å²) < 4.78 is 68.5. The number of carbonyl (C=O) groups is 4. The van der Waals surface area contributed by atoms with Crippen molar-refractivity contribution >= 4 is 39.5 Å². The van der Waals surface area contributed by atoms with Crippen molar-refractivity contribution in [2.45, 2.75) is 394 Å². The van der Waals surface area contributed by atoms with Gasteiger partial charge in [-0.05, 0) is 69.1 Å². The molecule has 0 fully saturated rings. The number of carbonyl (C=O) groups excluding carboxylic acids is 4. The predicted molar refractivity (Wildman–Crippen MR) is 395 cm³/mol. The molecule has 0 radical (unpaired) electrons. The molecule has 0 spiro atoms. The molecule has 0 amide bonds. The molecule has 0 aromatic carbocycles. The standard InChI is InChI=1S/C78H148O17P2/c1-8-9-10-11-12-13-14-15-18-23-26-32-39-47-54-61-77(82)94-73(65-88-75(80)59-52-45-38-31-25-22-20-17-16-19-21-24-29-35-42-49-56-69(2)3)67-92-96(84,85)90-63-72(79)64-91-97(86,87)93-68-74(66-89-76(81)60-53-46-41-34-37-44-51-58-71(6)7)95-78(83)62-55-48-40-33-28-27-30-36-43-50-57-70(4)5/h13-15,18,69-74,79H,8-12,16-17,19-68H2,1-7H3,(H,84,85)(H,86,87)/b14-13-,18-15-/t72?,73-,74-/m1/s1. The molecular formula is C78H148O17P2.